The quantitative estimate of drug-likeness (QED) is 0.936. The minimum atomic E-state index is -0.851. The zero-order valence-corrected chi connectivity index (χ0v) is 12.8. The van der Waals surface area contributed by atoms with E-state index in [1.807, 2.05) is 26.0 Å². The third-order valence-electron chi connectivity index (χ3n) is 3.79. The summed E-state index contributed by atoms with van der Waals surface area (Å²) in [4.78, 5) is 20.2. The fourth-order valence-corrected chi connectivity index (χ4v) is 2.60. The average molecular weight is 284 g/mol. The molecule has 1 unspecified atom stereocenters. The highest BCUT2D eigenvalue weighted by molar-refractivity contribution is 5.76. The number of benzene rings is 1. The predicted octanol–water partition coefficient (Wildman–Crippen LogP) is 3.18. The summed E-state index contributed by atoms with van der Waals surface area (Å²) >= 11 is 0. The molecule has 0 aliphatic heterocycles. The molecule has 4 heteroatoms. The van der Waals surface area contributed by atoms with Crippen molar-refractivity contribution in [3.05, 3.63) is 58.2 Å². The van der Waals surface area contributed by atoms with E-state index in [1.165, 1.54) is 11.1 Å². The lowest BCUT2D eigenvalue weighted by molar-refractivity contribution is -0.138. The van der Waals surface area contributed by atoms with Crippen molar-refractivity contribution >= 4 is 5.97 Å². The highest BCUT2D eigenvalue weighted by atomic mass is 16.4. The molecular formula is C17H20N2O2. The van der Waals surface area contributed by atoms with Crippen molar-refractivity contribution in [3.63, 3.8) is 0 Å². The van der Waals surface area contributed by atoms with Gasteiger partial charge in [0, 0.05) is 23.4 Å². The number of rotatable bonds is 4. The summed E-state index contributed by atoms with van der Waals surface area (Å²) < 4.78 is 0. The summed E-state index contributed by atoms with van der Waals surface area (Å²) in [6.45, 7) is 7.44. The van der Waals surface area contributed by atoms with Gasteiger partial charge in [0.1, 0.15) is 5.82 Å². The number of aryl methyl sites for hydroxylation is 3. The number of carboxylic acid groups (broad SMARTS) is 1. The first-order chi connectivity index (χ1) is 9.90. The summed E-state index contributed by atoms with van der Waals surface area (Å²) in [6.07, 6.45) is 0.663. The van der Waals surface area contributed by atoms with Gasteiger partial charge in [-0.25, -0.2) is 9.97 Å². The zero-order chi connectivity index (χ0) is 15.6. The molecule has 0 aliphatic carbocycles. The van der Waals surface area contributed by atoms with Crippen LogP contribution in [0.3, 0.4) is 0 Å². The van der Waals surface area contributed by atoms with Crippen molar-refractivity contribution in [2.45, 2.75) is 40.0 Å². The number of nitrogens with zero attached hydrogens (tertiary/aromatic N) is 2. The molecule has 1 atom stereocenters. The van der Waals surface area contributed by atoms with Gasteiger partial charge in [-0.1, -0.05) is 24.3 Å². The lowest BCUT2D eigenvalue weighted by Gasteiger charge is -2.14. The van der Waals surface area contributed by atoms with Crippen molar-refractivity contribution in [1.82, 2.24) is 9.97 Å². The average Bonchev–Trinajstić information content (AvgIpc) is 2.40. The molecule has 4 nitrogen and oxygen atoms in total. The van der Waals surface area contributed by atoms with E-state index in [2.05, 4.69) is 29.0 Å². The largest absolute Gasteiger partial charge is 0.481 e. The Labute approximate surface area is 124 Å². The number of carboxylic acids is 1. The third-order valence-corrected chi connectivity index (χ3v) is 3.79. The van der Waals surface area contributed by atoms with Crippen LogP contribution in [-0.4, -0.2) is 21.0 Å². The van der Waals surface area contributed by atoms with E-state index in [9.17, 15) is 4.79 Å². The predicted molar refractivity (Wildman–Crippen MR) is 81.5 cm³/mol. The van der Waals surface area contributed by atoms with E-state index < -0.39 is 11.9 Å². The lowest BCUT2D eigenvalue weighted by Crippen LogP contribution is -2.14. The minimum Gasteiger partial charge on any atom is -0.481 e. The molecule has 0 saturated carbocycles. The molecule has 0 bridgehead atoms. The fraction of sp³-hybridized carbons (Fsp3) is 0.353. The van der Waals surface area contributed by atoms with Crippen molar-refractivity contribution < 1.29 is 9.90 Å². The Hall–Kier alpha value is -2.23. The third kappa shape index (κ3) is 3.27. The molecule has 1 aromatic heterocycles. The van der Waals surface area contributed by atoms with Crippen LogP contribution in [0.5, 0.6) is 0 Å². The maximum atomic E-state index is 11.2. The van der Waals surface area contributed by atoms with E-state index in [1.54, 1.807) is 6.92 Å². The number of hydrogen-bond donors (Lipinski definition) is 1. The molecule has 1 heterocycles. The normalized spacial score (nSPS) is 12.2. The zero-order valence-electron chi connectivity index (χ0n) is 12.8. The van der Waals surface area contributed by atoms with Crippen LogP contribution >= 0.6 is 0 Å². The molecular weight excluding hydrogens is 264 g/mol. The van der Waals surface area contributed by atoms with Crippen LogP contribution in [0.15, 0.2) is 24.3 Å². The first-order valence-corrected chi connectivity index (χ1v) is 7.01. The van der Waals surface area contributed by atoms with Gasteiger partial charge in [0.05, 0.1) is 5.92 Å². The maximum absolute atomic E-state index is 11.2. The molecule has 0 amide bonds. The van der Waals surface area contributed by atoms with Gasteiger partial charge in [-0.15, -0.1) is 0 Å². The van der Waals surface area contributed by atoms with Crippen LogP contribution in [0.4, 0.5) is 0 Å². The molecule has 0 fully saturated rings. The van der Waals surface area contributed by atoms with Gasteiger partial charge in [-0.3, -0.25) is 4.79 Å². The maximum Gasteiger partial charge on any atom is 0.310 e. The van der Waals surface area contributed by atoms with E-state index in [4.69, 9.17) is 5.11 Å². The Morgan fingerprint density at radius 2 is 1.71 bits per heavy atom. The number of aliphatic carboxylic acids is 1. The molecule has 21 heavy (non-hydrogen) atoms. The Morgan fingerprint density at radius 3 is 2.24 bits per heavy atom. The minimum absolute atomic E-state index is 0.586. The van der Waals surface area contributed by atoms with Gasteiger partial charge in [-0.05, 0) is 38.8 Å². The lowest BCUT2D eigenvalue weighted by atomic mass is 9.98. The van der Waals surface area contributed by atoms with Crippen molar-refractivity contribution in [2.75, 3.05) is 0 Å². The molecule has 1 N–H and O–H groups in total. The molecule has 0 saturated heterocycles. The second-order valence-corrected chi connectivity index (χ2v) is 5.39. The monoisotopic (exact) mass is 284 g/mol. The van der Waals surface area contributed by atoms with E-state index in [-0.39, 0.29) is 0 Å². The second-order valence-electron chi connectivity index (χ2n) is 5.39. The van der Waals surface area contributed by atoms with Crippen LogP contribution in [0.1, 0.15) is 46.7 Å². The summed E-state index contributed by atoms with van der Waals surface area (Å²) in [6, 6.07) is 8.14. The van der Waals surface area contributed by atoms with Gasteiger partial charge in [0.15, 0.2) is 0 Å². The van der Waals surface area contributed by atoms with Gasteiger partial charge in [0.2, 0.25) is 0 Å². The molecule has 2 aromatic rings. The summed E-state index contributed by atoms with van der Waals surface area (Å²) in [5, 5.41) is 9.17. The summed E-state index contributed by atoms with van der Waals surface area (Å²) in [5.41, 5.74) is 4.62. The smallest absolute Gasteiger partial charge is 0.310 e. The first kappa shape index (κ1) is 15.2. The van der Waals surface area contributed by atoms with Crippen molar-refractivity contribution in [3.8, 4) is 0 Å². The van der Waals surface area contributed by atoms with Gasteiger partial charge >= 0.3 is 5.97 Å². The Bertz CT molecular complexity index is 657. The molecule has 0 spiro atoms. The van der Waals surface area contributed by atoms with Crippen molar-refractivity contribution in [1.29, 1.82) is 0 Å². The first-order valence-electron chi connectivity index (χ1n) is 7.01. The Balaban J connectivity index is 2.36. The number of aromatic nitrogens is 2. The van der Waals surface area contributed by atoms with Gasteiger partial charge in [0.25, 0.3) is 0 Å². The number of hydrogen-bond acceptors (Lipinski definition) is 3. The molecule has 110 valence electrons. The van der Waals surface area contributed by atoms with Crippen LogP contribution < -0.4 is 0 Å². The fourth-order valence-electron chi connectivity index (χ4n) is 2.60. The molecule has 1 aromatic carbocycles. The Morgan fingerprint density at radius 1 is 1.14 bits per heavy atom. The van der Waals surface area contributed by atoms with E-state index in [0.717, 1.165) is 22.8 Å². The summed E-state index contributed by atoms with van der Waals surface area (Å²) in [7, 11) is 0. The topological polar surface area (TPSA) is 63.1 Å². The van der Waals surface area contributed by atoms with Crippen LogP contribution in [-0.2, 0) is 11.2 Å². The van der Waals surface area contributed by atoms with Crippen LogP contribution in [0.2, 0.25) is 0 Å². The Kier molecular flexibility index (Phi) is 4.36. The van der Waals surface area contributed by atoms with Crippen LogP contribution in [0.25, 0.3) is 0 Å². The molecule has 0 aliphatic rings. The SMILES string of the molecule is Cc1ccccc1Cc1nc(C)c(C(C)C(=O)O)c(C)n1. The standard InChI is InChI=1S/C17H20N2O2/c1-10-7-5-6-8-14(10)9-15-18-12(3)16(13(4)19-15)11(2)17(20)21/h5-8,11H,9H2,1-4H3,(H,20,21). The van der Waals surface area contributed by atoms with Gasteiger partial charge in [-0.2, -0.15) is 0 Å². The van der Waals surface area contributed by atoms with Gasteiger partial charge < -0.3 is 5.11 Å². The summed E-state index contributed by atoms with van der Waals surface area (Å²) in [5.74, 6) is -0.699. The molecule has 2 rings (SSSR count). The van der Waals surface area contributed by atoms with E-state index >= 15 is 0 Å². The molecule has 0 radical (unpaired) electrons. The van der Waals surface area contributed by atoms with Crippen molar-refractivity contribution in [2.24, 2.45) is 0 Å². The van der Waals surface area contributed by atoms with Crippen LogP contribution in [0, 0.1) is 20.8 Å². The van der Waals surface area contributed by atoms with E-state index in [0.29, 0.717) is 6.42 Å². The second kappa shape index (κ2) is 6.04. The number of carbonyl (C=O) groups is 1. The highest BCUT2D eigenvalue weighted by Gasteiger charge is 2.20. The highest BCUT2D eigenvalue weighted by Crippen LogP contribution is 2.22.